The van der Waals surface area contributed by atoms with Gasteiger partial charge in [-0.3, -0.25) is 0 Å². The van der Waals surface area contributed by atoms with Crippen LogP contribution in [0.1, 0.15) is 31.2 Å². The van der Waals surface area contributed by atoms with E-state index in [9.17, 15) is 12.8 Å². The first-order valence-electron chi connectivity index (χ1n) is 7.04. The van der Waals surface area contributed by atoms with Crippen LogP contribution in [0.15, 0.2) is 23.1 Å². The van der Waals surface area contributed by atoms with Crippen molar-refractivity contribution in [2.75, 3.05) is 19.6 Å². The summed E-state index contributed by atoms with van der Waals surface area (Å²) in [6.07, 6.45) is 3.77. The number of halogens is 1. The molecule has 0 unspecified atom stereocenters. The van der Waals surface area contributed by atoms with Gasteiger partial charge in [0.2, 0.25) is 10.0 Å². The van der Waals surface area contributed by atoms with Crippen molar-refractivity contribution in [3.8, 4) is 11.8 Å². The molecule has 0 aliphatic carbocycles. The van der Waals surface area contributed by atoms with Crippen LogP contribution < -0.4 is 5.73 Å². The smallest absolute Gasteiger partial charge is 0.243 e. The minimum atomic E-state index is -3.62. The lowest BCUT2D eigenvalue weighted by atomic mass is 10.2. The molecular weight excluding hydrogens is 291 g/mol. The van der Waals surface area contributed by atoms with E-state index in [0.717, 1.165) is 31.7 Å². The third-order valence-electron chi connectivity index (χ3n) is 3.47. The Morgan fingerprint density at radius 2 is 1.86 bits per heavy atom. The first-order chi connectivity index (χ1) is 10.1. The summed E-state index contributed by atoms with van der Waals surface area (Å²) in [5.74, 6) is 4.50. The number of hydrogen-bond donors (Lipinski definition) is 1. The zero-order valence-electron chi connectivity index (χ0n) is 11.8. The van der Waals surface area contributed by atoms with Crippen molar-refractivity contribution in [3.05, 3.63) is 29.6 Å². The van der Waals surface area contributed by atoms with E-state index in [1.807, 2.05) is 0 Å². The van der Waals surface area contributed by atoms with E-state index in [1.165, 1.54) is 16.4 Å². The molecule has 1 aliphatic heterocycles. The average molecular weight is 310 g/mol. The normalized spacial score (nSPS) is 16.9. The molecule has 1 aliphatic rings. The summed E-state index contributed by atoms with van der Waals surface area (Å²) < 4.78 is 40.4. The fourth-order valence-corrected chi connectivity index (χ4v) is 3.86. The molecule has 0 spiro atoms. The molecule has 0 radical (unpaired) electrons. The quantitative estimate of drug-likeness (QED) is 0.846. The van der Waals surface area contributed by atoms with Crippen LogP contribution in [-0.2, 0) is 10.0 Å². The molecule has 1 fully saturated rings. The van der Waals surface area contributed by atoms with E-state index in [-0.39, 0.29) is 17.0 Å². The van der Waals surface area contributed by atoms with Crippen molar-refractivity contribution in [2.24, 2.45) is 5.73 Å². The molecule has 1 heterocycles. The Balaban J connectivity index is 2.29. The van der Waals surface area contributed by atoms with Gasteiger partial charge in [-0.25, -0.2) is 12.8 Å². The van der Waals surface area contributed by atoms with Gasteiger partial charge in [0.15, 0.2) is 0 Å². The van der Waals surface area contributed by atoms with E-state index >= 15 is 0 Å². The van der Waals surface area contributed by atoms with E-state index in [4.69, 9.17) is 5.73 Å². The van der Waals surface area contributed by atoms with Gasteiger partial charge in [-0.05, 0) is 31.0 Å². The highest BCUT2D eigenvalue weighted by Gasteiger charge is 2.25. The van der Waals surface area contributed by atoms with Crippen LogP contribution in [0.5, 0.6) is 0 Å². The minimum Gasteiger partial charge on any atom is -0.320 e. The van der Waals surface area contributed by atoms with Crippen LogP contribution in [0, 0.1) is 17.7 Å². The Morgan fingerprint density at radius 1 is 1.19 bits per heavy atom. The fourth-order valence-electron chi connectivity index (χ4n) is 2.34. The van der Waals surface area contributed by atoms with E-state index in [0.29, 0.717) is 13.1 Å². The largest absolute Gasteiger partial charge is 0.320 e. The summed E-state index contributed by atoms with van der Waals surface area (Å²) in [5, 5.41) is 0. The van der Waals surface area contributed by atoms with Gasteiger partial charge in [0.25, 0.3) is 0 Å². The lowest BCUT2D eigenvalue weighted by Crippen LogP contribution is -2.32. The third-order valence-corrected chi connectivity index (χ3v) is 5.36. The molecule has 4 nitrogen and oxygen atoms in total. The predicted molar refractivity (Wildman–Crippen MR) is 79.6 cm³/mol. The predicted octanol–water partition coefficient (Wildman–Crippen LogP) is 1.70. The maximum Gasteiger partial charge on any atom is 0.243 e. The minimum absolute atomic E-state index is 0.0137. The molecule has 0 aromatic heterocycles. The summed E-state index contributed by atoms with van der Waals surface area (Å²) in [7, 11) is -3.62. The molecule has 2 rings (SSSR count). The van der Waals surface area contributed by atoms with E-state index in [1.54, 1.807) is 0 Å². The number of hydrogen-bond acceptors (Lipinski definition) is 3. The van der Waals surface area contributed by atoms with Gasteiger partial charge in [-0.15, -0.1) is 0 Å². The van der Waals surface area contributed by atoms with Crippen molar-refractivity contribution < 1.29 is 12.8 Å². The van der Waals surface area contributed by atoms with Gasteiger partial charge in [-0.2, -0.15) is 4.31 Å². The van der Waals surface area contributed by atoms with Gasteiger partial charge in [0.05, 0.1) is 17.0 Å². The van der Waals surface area contributed by atoms with Gasteiger partial charge in [0, 0.05) is 13.1 Å². The molecule has 1 aromatic carbocycles. The first-order valence-corrected chi connectivity index (χ1v) is 8.48. The Labute approximate surface area is 125 Å². The summed E-state index contributed by atoms with van der Waals surface area (Å²) in [4.78, 5) is -0.0137. The molecule has 1 aromatic rings. The number of sulfonamides is 1. The van der Waals surface area contributed by atoms with Gasteiger partial charge < -0.3 is 5.73 Å². The van der Waals surface area contributed by atoms with Crippen LogP contribution in [-0.4, -0.2) is 32.4 Å². The zero-order chi connectivity index (χ0) is 15.3. The SMILES string of the molecule is NCC#Cc1ccc(S(=O)(=O)N2CCCCCC2)cc1F. The zero-order valence-corrected chi connectivity index (χ0v) is 12.6. The highest BCUT2D eigenvalue weighted by atomic mass is 32.2. The summed E-state index contributed by atoms with van der Waals surface area (Å²) >= 11 is 0. The van der Waals surface area contributed by atoms with Gasteiger partial charge >= 0.3 is 0 Å². The second-order valence-electron chi connectivity index (χ2n) is 4.97. The first kappa shape index (κ1) is 16.0. The van der Waals surface area contributed by atoms with Gasteiger partial charge in [0.1, 0.15) is 5.82 Å². The van der Waals surface area contributed by atoms with Crippen molar-refractivity contribution in [2.45, 2.75) is 30.6 Å². The van der Waals surface area contributed by atoms with Crippen molar-refractivity contribution in [3.63, 3.8) is 0 Å². The van der Waals surface area contributed by atoms with Crippen molar-refractivity contribution in [1.29, 1.82) is 0 Å². The topological polar surface area (TPSA) is 63.4 Å². The lowest BCUT2D eigenvalue weighted by molar-refractivity contribution is 0.423. The van der Waals surface area contributed by atoms with Crippen LogP contribution in [0.2, 0.25) is 0 Å². The molecule has 1 saturated heterocycles. The molecule has 0 amide bonds. The second kappa shape index (κ2) is 7.03. The Morgan fingerprint density at radius 3 is 2.43 bits per heavy atom. The average Bonchev–Trinajstić information content (AvgIpc) is 2.75. The standard InChI is InChI=1S/C15H19FN2O2S/c16-15-12-14(8-7-13(15)6-5-9-17)21(19,20)18-10-3-1-2-4-11-18/h7-8,12H,1-4,9-11,17H2. The lowest BCUT2D eigenvalue weighted by Gasteiger charge is -2.20. The fraction of sp³-hybridized carbons (Fsp3) is 0.467. The number of nitrogens with two attached hydrogens (primary N) is 1. The van der Waals surface area contributed by atoms with Crippen LogP contribution in [0.4, 0.5) is 4.39 Å². The molecular formula is C15H19FN2O2S. The highest BCUT2D eigenvalue weighted by Crippen LogP contribution is 2.22. The number of nitrogens with zero attached hydrogens (tertiary/aromatic N) is 1. The number of benzene rings is 1. The molecule has 2 N–H and O–H groups in total. The monoisotopic (exact) mass is 310 g/mol. The molecule has 0 bridgehead atoms. The van der Waals surface area contributed by atoms with Crippen LogP contribution in [0.25, 0.3) is 0 Å². The molecule has 0 saturated carbocycles. The molecule has 21 heavy (non-hydrogen) atoms. The van der Waals surface area contributed by atoms with Crippen molar-refractivity contribution >= 4 is 10.0 Å². The van der Waals surface area contributed by atoms with E-state index in [2.05, 4.69) is 11.8 Å². The van der Waals surface area contributed by atoms with Crippen molar-refractivity contribution in [1.82, 2.24) is 4.31 Å². The second-order valence-corrected chi connectivity index (χ2v) is 6.90. The Hall–Kier alpha value is -1.42. The maximum absolute atomic E-state index is 13.9. The molecule has 0 atom stereocenters. The summed E-state index contributed by atoms with van der Waals surface area (Å²) in [6.45, 7) is 1.13. The summed E-state index contributed by atoms with van der Waals surface area (Å²) in [5.41, 5.74) is 5.40. The third kappa shape index (κ3) is 3.82. The molecule has 114 valence electrons. The van der Waals surface area contributed by atoms with Crippen LogP contribution in [0.3, 0.4) is 0 Å². The Bertz CT molecular complexity index is 654. The van der Waals surface area contributed by atoms with Gasteiger partial charge in [-0.1, -0.05) is 24.7 Å². The van der Waals surface area contributed by atoms with E-state index < -0.39 is 15.8 Å². The van der Waals surface area contributed by atoms with Crippen LogP contribution >= 0.6 is 0 Å². The molecule has 6 heteroatoms. The maximum atomic E-state index is 13.9. The number of rotatable bonds is 2. The Kier molecular flexibility index (Phi) is 5.34. The highest BCUT2D eigenvalue weighted by molar-refractivity contribution is 7.89. The summed E-state index contributed by atoms with van der Waals surface area (Å²) in [6, 6.07) is 3.84.